The fourth-order valence-electron chi connectivity index (χ4n) is 4.61. The quantitative estimate of drug-likeness (QED) is 0.147. The second kappa shape index (κ2) is 11.9. The summed E-state index contributed by atoms with van der Waals surface area (Å²) in [4.78, 5) is 8.98. The van der Waals surface area contributed by atoms with E-state index in [1.165, 1.54) is 15.9 Å². The number of hydrogen-bond donors (Lipinski definition) is 0. The molecule has 3 nitrogen and oxygen atoms in total. The Morgan fingerprint density at radius 3 is 2.15 bits per heavy atom. The predicted molar refractivity (Wildman–Crippen MR) is 163 cm³/mol. The van der Waals surface area contributed by atoms with Gasteiger partial charge in [-0.2, -0.15) is 0 Å². The van der Waals surface area contributed by atoms with Crippen LogP contribution in [0.1, 0.15) is 0 Å². The van der Waals surface area contributed by atoms with Crippen LogP contribution in [-0.2, 0) is 20.1 Å². The summed E-state index contributed by atoms with van der Waals surface area (Å²) in [5, 5.41) is 2.72. The Morgan fingerprint density at radius 2 is 1.49 bits per heavy atom. The summed E-state index contributed by atoms with van der Waals surface area (Å²) in [6.07, 6.45) is 3.82. The first-order valence-corrected chi connectivity index (χ1v) is 19.3. The predicted octanol–water partition coefficient (Wildman–Crippen LogP) is 7.11. The largest absolute Gasteiger partial charge is 0.583 e. The van der Waals surface area contributed by atoms with Crippen LogP contribution in [0.25, 0.3) is 33.6 Å². The minimum absolute atomic E-state index is 0. The van der Waals surface area contributed by atoms with Crippen LogP contribution in [0, 0.1) is 12.1 Å². The zero-order chi connectivity index (χ0) is 26.8. The van der Waals surface area contributed by atoms with Gasteiger partial charge in [-0.15, -0.1) is 54.1 Å². The summed E-state index contributed by atoms with van der Waals surface area (Å²) >= 11 is 0. The molecule has 39 heavy (non-hydrogen) atoms. The van der Waals surface area contributed by atoms with Gasteiger partial charge in [0, 0.05) is 38.2 Å². The van der Waals surface area contributed by atoms with Crippen LogP contribution in [-0.4, -0.2) is 26.4 Å². The molecule has 199 valence electrons. The third kappa shape index (κ3) is 6.36. The van der Waals surface area contributed by atoms with Crippen molar-refractivity contribution >= 4 is 26.8 Å². The van der Waals surface area contributed by atoms with E-state index in [1.807, 2.05) is 54.7 Å². The van der Waals surface area contributed by atoms with Crippen LogP contribution < -0.4 is 14.8 Å². The number of hydrogen-bond acceptors (Lipinski definition) is 3. The molecule has 1 aliphatic rings. The molecule has 0 bridgehead atoms. The molecule has 0 saturated carbocycles. The van der Waals surface area contributed by atoms with E-state index >= 15 is 0 Å². The van der Waals surface area contributed by atoms with Crippen LogP contribution in [0.15, 0.2) is 103 Å². The number of rotatable bonds is 3. The summed E-state index contributed by atoms with van der Waals surface area (Å²) in [5.41, 5.74) is 6.36. The molecular weight excluding hydrogens is 689 g/mol. The maximum absolute atomic E-state index is 6.61. The average molecular weight is 721 g/mol. The smallest absolute Gasteiger partial charge is 0.264 e. The first-order valence-electron chi connectivity index (χ1n) is 12.9. The van der Waals surface area contributed by atoms with E-state index in [0.717, 1.165) is 33.8 Å². The van der Waals surface area contributed by atoms with E-state index in [1.54, 1.807) is 6.20 Å². The fourth-order valence-corrected chi connectivity index (χ4v) is 7.84. The summed E-state index contributed by atoms with van der Waals surface area (Å²) in [6, 6.07) is 37.3. The minimum atomic E-state index is -2.01. The molecule has 3 aromatic carbocycles. The molecule has 2 aromatic heterocycles. The van der Waals surface area contributed by atoms with E-state index in [2.05, 4.69) is 92.3 Å². The molecule has 0 saturated heterocycles. The number of nitrogens with zero attached hydrogens (tertiary/aromatic N) is 2. The third-order valence-corrected chi connectivity index (χ3v) is 11.2. The molecule has 0 spiro atoms. The molecule has 5 aromatic rings. The van der Waals surface area contributed by atoms with Crippen molar-refractivity contribution in [1.82, 2.24) is 9.97 Å². The first-order chi connectivity index (χ1) is 18.2. The molecule has 0 fully saturated rings. The summed E-state index contributed by atoms with van der Waals surface area (Å²) in [5.74, 6) is 0.941. The maximum Gasteiger partial charge on any atom is 0.264 e. The van der Waals surface area contributed by atoms with Crippen LogP contribution in [0.3, 0.4) is 0 Å². The van der Waals surface area contributed by atoms with Gasteiger partial charge in [-0.1, -0.05) is 79.3 Å². The first kappa shape index (κ1) is 28.8. The van der Waals surface area contributed by atoms with Crippen molar-refractivity contribution in [3.63, 3.8) is 0 Å². The van der Waals surface area contributed by atoms with Crippen LogP contribution in [0.2, 0.25) is 32.7 Å². The molecule has 1 aliphatic heterocycles. The standard InChI is InChI=1S/C22H24NOSi2.C11H8N.Ir/c1-25(2,3)16-13-14-20(23-15-16)19-11-8-10-18-17-9-6-7-12-21(17)26(4,5)24-22(18)19;1-2-6-10(7-3-1)11-8-4-5-9-12-11;/h6-10,12-15H,1-5H3;1-6,8-9H;/q2*-1;. The van der Waals surface area contributed by atoms with Gasteiger partial charge in [-0.3, -0.25) is 0 Å². The second-order valence-corrected chi connectivity index (χ2v) is 19.8. The molecule has 0 aliphatic carbocycles. The van der Waals surface area contributed by atoms with Crippen molar-refractivity contribution in [2.45, 2.75) is 32.7 Å². The van der Waals surface area contributed by atoms with Gasteiger partial charge >= 0.3 is 0 Å². The Morgan fingerprint density at radius 1 is 0.718 bits per heavy atom. The van der Waals surface area contributed by atoms with Gasteiger partial charge < -0.3 is 14.4 Å². The molecule has 0 N–H and O–H groups in total. The minimum Gasteiger partial charge on any atom is -0.583 e. The Kier molecular flexibility index (Phi) is 8.82. The second-order valence-electron chi connectivity index (χ2n) is 10.9. The molecule has 6 heteroatoms. The van der Waals surface area contributed by atoms with Gasteiger partial charge in [0.1, 0.15) is 0 Å². The zero-order valence-electron chi connectivity index (χ0n) is 23.0. The van der Waals surface area contributed by atoms with Crippen molar-refractivity contribution in [3.8, 4) is 39.4 Å². The maximum atomic E-state index is 6.61. The summed E-state index contributed by atoms with van der Waals surface area (Å²) in [7, 11) is -3.36. The molecule has 1 radical (unpaired) electrons. The van der Waals surface area contributed by atoms with E-state index < -0.39 is 16.4 Å². The van der Waals surface area contributed by atoms with Gasteiger partial charge in [0.05, 0.1) is 8.07 Å². The SMILES string of the molecule is C[Si](C)(C)c1ccc(-c2[c-]ccc3c2O[Si](C)(C)c2ccccc2-3)nc1.[Ir].[c-]1ccccc1-c1ccccn1. The monoisotopic (exact) mass is 721 g/mol. The van der Waals surface area contributed by atoms with Gasteiger partial charge in [0.25, 0.3) is 8.32 Å². The van der Waals surface area contributed by atoms with Gasteiger partial charge in [0.2, 0.25) is 0 Å². The Labute approximate surface area is 247 Å². The van der Waals surface area contributed by atoms with Crippen molar-refractivity contribution in [2.24, 2.45) is 0 Å². The Balaban J connectivity index is 0.000000228. The number of pyridine rings is 2. The van der Waals surface area contributed by atoms with E-state index in [-0.39, 0.29) is 20.1 Å². The fraction of sp³-hybridized carbons (Fsp3) is 0.152. The van der Waals surface area contributed by atoms with E-state index in [9.17, 15) is 0 Å². The number of benzene rings is 3. The Bertz CT molecular complexity index is 1500. The van der Waals surface area contributed by atoms with Crippen LogP contribution >= 0.6 is 0 Å². The van der Waals surface area contributed by atoms with Gasteiger partial charge in [0.15, 0.2) is 0 Å². The van der Waals surface area contributed by atoms with Crippen molar-refractivity contribution in [1.29, 1.82) is 0 Å². The molecule has 0 unspecified atom stereocenters. The van der Waals surface area contributed by atoms with Crippen LogP contribution in [0.5, 0.6) is 5.75 Å². The van der Waals surface area contributed by atoms with Crippen LogP contribution in [0.4, 0.5) is 0 Å². The molecule has 0 amide bonds. The van der Waals surface area contributed by atoms with Gasteiger partial charge in [-0.25, -0.2) is 0 Å². The summed E-state index contributed by atoms with van der Waals surface area (Å²) < 4.78 is 6.61. The molecule has 3 heterocycles. The van der Waals surface area contributed by atoms with Gasteiger partial charge in [-0.05, 0) is 46.5 Å². The summed E-state index contributed by atoms with van der Waals surface area (Å²) in [6.45, 7) is 11.5. The molecule has 6 rings (SSSR count). The topological polar surface area (TPSA) is 35.0 Å². The van der Waals surface area contributed by atoms with E-state index in [0.29, 0.717) is 0 Å². The normalized spacial score (nSPS) is 12.9. The average Bonchev–Trinajstić information content (AvgIpc) is 2.94. The molecular formula is C33H32IrN2OSi2-2. The van der Waals surface area contributed by atoms with Crippen molar-refractivity contribution in [3.05, 3.63) is 116 Å². The number of aromatic nitrogens is 2. The van der Waals surface area contributed by atoms with Crippen molar-refractivity contribution in [2.75, 3.05) is 0 Å². The Hall–Kier alpha value is -3.16. The van der Waals surface area contributed by atoms with E-state index in [4.69, 9.17) is 9.41 Å². The number of fused-ring (bicyclic) bond motifs is 3. The zero-order valence-corrected chi connectivity index (χ0v) is 27.3. The van der Waals surface area contributed by atoms with Crippen molar-refractivity contribution < 1.29 is 24.5 Å². The molecule has 0 atom stereocenters. The third-order valence-electron chi connectivity index (χ3n) is 6.71.